The Bertz CT molecular complexity index is 951. The van der Waals surface area contributed by atoms with Crippen LogP contribution in [0.4, 0.5) is 0 Å². The minimum Gasteiger partial charge on any atom is -0.507 e. The van der Waals surface area contributed by atoms with Crippen LogP contribution in [0.2, 0.25) is 0 Å². The van der Waals surface area contributed by atoms with Crippen LogP contribution < -0.4 is 4.74 Å². The average molecular weight is 474 g/mol. The molecule has 7 heteroatoms. The number of carbonyl (C=O) groups is 2. The lowest BCUT2D eigenvalue weighted by Gasteiger charge is -2.25. The Morgan fingerprint density at radius 2 is 1.73 bits per heavy atom. The highest BCUT2D eigenvalue weighted by Gasteiger charge is 2.45. The van der Waals surface area contributed by atoms with Crippen LogP contribution in [-0.4, -0.2) is 48.1 Å². The summed E-state index contributed by atoms with van der Waals surface area (Å²) in [7, 11) is 1.53. The van der Waals surface area contributed by atoms with Crippen LogP contribution in [0.25, 0.3) is 5.76 Å². The number of likely N-dealkylation sites (tertiary alicyclic amines) is 1. The Kier molecular flexibility index (Phi) is 6.95. The lowest BCUT2D eigenvalue weighted by Crippen LogP contribution is -2.32. The molecular formula is C23H24BrNO5. The summed E-state index contributed by atoms with van der Waals surface area (Å²) in [5.74, 6) is -0.913. The predicted molar refractivity (Wildman–Crippen MR) is 117 cm³/mol. The number of Topliss-reactive ketones (excluding diaryl/α,β-unsaturated/α-hetero) is 1. The van der Waals surface area contributed by atoms with Crippen LogP contribution in [0.1, 0.15) is 31.0 Å². The van der Waals surface area contributed by atoms with Crippen molar-refractivity contribution in [3.05, 3.63) is 69.7 Å². The number of hydrogen-bond donors (Lipinski definition) is 1. The molecule has 1 N–H and O–H groups in total. The smallest absolute Gasteiger partial charge is 0.295 e. The van der Waals surface area contributed by atoms with Crippen LogP contribution in [0.15, 0.2) is 58.6 Å². The summed E-state index contributed by atoms with van der Waals surface area (Å²) in [6.45, 7) is 4.36. The summed E-state index contributed by atoms with van der Waals surface area (Å²) < 4.78 is 11.6. The van der Waals surface area contributed by atoms with Gasteiger partial charge in [-0.3, -0.25) is 9.59 Å². The molecule has 0 radical (unpaired) electrons. The fourth-order valence-electron chi connectivity index (χ4n) is 3.41. The Balaban J connectivity index is 2.07. The lowest BCUT2D eigenvalue weighted by atomic mass is 9.95. The normalized spacial score (nSPS) is 18.3. The van der Waals surface area contributed by atoms with Gasteiger partial charge in [-0.05, 0) is 55.8 Å². The Morgan fingerprint density at radius 1 is 1.10 bits per heavy atom. The maximum Gasteiger partial charge on any atom is 0.295 e. The monoisotopic (exact) mass is 473 g/mol. The van der Waals surface area contributed by atoms with E-state index < -0.39 is 17.7 Å². The molecule has 30 heavy (non-hydrogen) atoms. The molecule has 3 rings (SSSR count). The summed E-state index contributed by atoms with van der Waals surface area (Å²) in [4.78, 5) is 27.0. The number of nitrogens with zero attached hydrogens (tertiary/aromatic N) is 1. The number of rotatable bonds is 7. The van der Waals surface area contributed by atoms with Gasteiger partial charge in [0.25, 0.3) is 11.7 Å². The first-order valence-corrected chi connectivity index (χ1v) is 10.4. The molecule has 158 valence electrons. The fraction of sp³-hybridized carbons (Fsp3) is 0.304. The van der Waals surface area contributed by atoms with Gasteiger partial charge in [0, 0.05) is 23.7 Å². The van der Waals surface area contributed by atoms with Crippen molar-refractivity contribution < 1.29 is 24.2 Å². The number of benzene rings is 2. The van der Waals surface area contributed by atoms with E-state index in [9.17, 15) is 14.7 Å². The third-order valence-electron chi connectivity index (χ3n) is 4.76. The van der Waals surface area contributed by atoms with Gasteiger partial charge in [-0.1, -0.05) is 28.1 Å². The third kappa shape index (κ3) is 4.57. The number of ether oxygens (including phenoxy) is 2. The van der Waals surface area contributed by atoms with Gasteiger partial charge in [-0.25, -0.2) is 0 Å². The molecule has 1 aliphatic rings. The molecule has 6 nitrogen and oxygen atoms in total. The van der Waals surface area contributed by atoms with E-state index in [0.717, 1.165) is 10.0 Å². The first-order chi connectivity index (χ1) is 14.3. The molecular weight excluding hydrogens is 450 g/mol. The highest BCUT2D eigenvalue weighted by atomic mass is 79.9. The summed E-state index contributed by atoms with van der Waals surface area (Å²) in [5.41, 5.74) is 1.24. The highest BCUT2D eigenvalue weighted by Crippen LogP contribution is 2.39. The number of aliphatic hydroxyl groups is 1. The van der Waals surface area contributed by atoms with E-state index >= 15 is 0 Å². The van der Waals surface area contributed by atoms with Crippen molar-refractivity contribution in [2.45, 2.75) is 26.0 Å². The van der Waals surface area contributed by atoms with Gasteiger partial charge in [0.2, 0.25) is 0 Å². The van der Waals surface area contributed by atoms with Crippen LogP contribution >= 0.6 is 15.9 Å². The number of ketones is 1. The van der Waals surface area contributed by atoms with Crippen molar-refractivity contribution in [2.75, 3.05) is 20.3 Å². The largest absolute Gasteiger partial charge is 0.507 e. The second kappa shape index (κ2) is 9.45. The van der Waals surface area contributed by atoms with E-state index in [2.05, 4.69) is 15.9 Å². The van der Waals surface area contributed by atoms with Gasteiger partial charge in [0.15, 0.2) is 0 Å². The zero-order valence-electron chi connectivity index (χ0n) is 17.1. The van der Waals surface area contributed by atoms with Crippen LogP contribution in [0.5, 0.6) is 5.75 Å². The van der Waals surface area contributed by atoms with E-state index in [0.29, 0.717) is 11.3 Å². The molecule has 1 heterocycles. The molecule has 0 saturated carbocycles. The maximum atomic E-state index is 12.9. The minimum atomic E-state index is -0.709. The molecule has 1 amide bonds. The second-order valence-corrected chi connectivity index (χ2v) is 8.14. The maximum absolute atomic E-state index is 12.9. The Morgan fingerprint density at radius 3 is 2.30 bits per heavy atom. The molecule has 1 atom stereocenters. The Labute approximate surface area is 184 Å². The van der Waals surface area contributed by atoms with Crippen molar-refractivity contribution in [1.82, 2.24) is 4.90 Å². The highest BCUT2D eigenvalue weighted by molar-refractivity contribution is 9.10. The number of carbonyl (C=O) groups excluding carboxylic acids is 2. The quantitative estimate of drug-likeness (QED) is 0.368. The van der Waals surface area contributed by atoms with Crippen molar-refractivity contribution in [3.8, 4) is 5.75 Å². The van der Waals surface area contributed by atoms with Gasteiger partial charge < -0.3 is 19.5 Å². The molecule has 1 saturated heterocycles. The van der Waals surface area contributed by atoms with Gasteiger partial charge in [0.05, 0.1) is 24.3 Å². The van der Waals surface area contributed by atoms with Gasteiger partial charge in [0.1, 0.15) is 11.5 Å². The molecule has 0 bridgehead atoms. The van der Waals surface area contributed by atoms with E-state index in [-0.39, 0.29) is 30.6 Å². The average Bonchev–Trinajstić information content (AvgIpc) is 2.97. The van der Waals surface area contributed by atoms with Crippen molar-refractivity contribution in [2.24, 2.45) is 0 Å². The number of amides is 1. The van der Waals surface area contributed by atoms with Crippen molar-refractivity contribution >= 4 is 33.4 Å². The molecule has 0 spiro atoms. The molecule has 2 aromatic carbocycles. The molecule has 1 fully saturated rings. The van der Waals surface area contributed by atoms with E-state index in [1.165, 1.54) is 12.0 Å². The van der Waals surface area contributed by atoms with E-state index in [4.69, 9.17) is 9.47 Å². The third-order valence-corrected chi connectivity index (χ3v) is 5.29. The molecule has 1 unspecified atom stereocenters. The first-order valence-electron chi connectivity index (χ1n) is 9.63. The second-order valence-electron chi connectivity index (χ2n) is 7.23. The van der Waals surface area contributed by atoms with Crippen LogP contribution in [0, 0.1) is 0 Å². The Hall–Kier alpha value is -2.64. The van der Waals surface area contributed by atoms with E-state index in [1.807, 2.05) is 38.1 Å². The fourth-order valence-corrected chi connectivity index (χ4v) is 3.68. The first kappa shape index (κ1) is 22.1. The molecule has 1 aliphatic heterocycles. The summed E-state index contributed by atoms with van der Waals surface area (Å²) in [6.07, 6.45) is 0.0213. The standard InChI is InChI=1S/C23H24BrNO5/c1-14(2)30-18-10-6-16(7-11-18)21(26)19-20(15-4-8-17(24)9-5-15)25(12-13-29-3)23(28)22(19)27/h4-11,14,20,26H,12-13H2,1-3H3/b21-19+. The summed E-state index contributed by atoms with van der Waals surface area (Å²) in [6, 6.07) is 13.4. The summed E-state index contributed by atoms with van der Waals surface area (Å²) in [5, 5.41) is 11.0. The number of methoxy groups -OCH3 is 1. The van der Waals surface area contributed by atoms with Crippen LogP contribution in [-0.2, 0) is 14.3 Å². The number of hydrogen-bond acceptors (Lipinski definition) is 5. The SMILES string of the molecule is COCCN1C(=O)C(=O)/C(=C(/O)c2ccc(OC(C)C)cc2)C1c1ccc(Br)cc1. The van der Waals surface area contributed by atoms with Gasteiger partial charge in [-0.2, -0.15) is 0 Å². The minimum absolute atomic E-state index is 0.0213. The zero-order valence-corrected chi connectivity index (χ0v) is 18.7. The van der Waals surface area contributed by atoms with Crippen molar-refractivity contribution in [3.63, 3.8) is 0 Å². The number of halogens is 1. The lowest BCUT2D eigenvalue weighted by molar-refractivity contribution is -0.140. The van der Waals surface area contributed by atoms with Crippen LogP contribution in [0.3, 0.4) is 0 Å². The molecule has 0 aromatic heterocycles. The molecule has 2 aromatic rings. The van der Waals surface area contributed by atoms with Crippen molar-refractivity contribution in [1.29, 1.82) is 0 Å². The molecule has 0 aliphatic carbocycles. The predicted octanol–water partition coefficient (Wildman–Crippen LogP) is 4.30. The zero-order chi connectivity index (χ0) is 21.8. The van der Waals surface area contributed by atoms with E-state index in [1.54, 1.807) is 24.3 Å². The van der Waals surface area contributed by atoms with Gasteiger partial charge in [-0.15, -0.1) is 0 Å². The summed E-state index contributed by atoms with van der Waals surface area (Å²) >= 11 is 3.40. The topological polar surface area (TPSA) is 76.1 Å². The van der Waals surface area contributed by atoms with Gasteiger partial charge >= 0.3 is 0 Å². The number of aliphatic hydroxyl groups excluding tert-OH is 1.